The zero-order valence-corrected chi connectivity index (χ0v) is 9.73. The summed E-state index contributed by atoms with van der Waals surface area (Å²) in [6.07, 6.45) is 1.14. The highest BCUT2D eigenvalue weighted by Crippen LogP contribution is 2.34. The summed E-state index contributed by atoms with van der Waals surface area (Å²) in [5.41, 5.74) is 2.95. The molecule has 0 radical (unpaired) electrons. The molecule has 1 aromatic carbocycles. The van der Waals surface area contributed by atoms with Crippen LogP contribution in [0.1, 0.15) is 37.5 Å². The molecule has 0 spiro atoms. The number of anilines is 1. The van der Waals surface area contributed by atoms with Gasteiger partial charge < -0.3 is 10.0 Å². The van der Waals surface area contributed by atoms with Crippen molar-refractivity contribution in [3.05, 3.63) is 29.3 Å². The van der Waals surface area contributed by atoms with Crippen LogP contribution in [0, 0.1) is 0 Å². The Morgan fingerprint density at radius 2 is 2.31 bits per heavy atom. The number of fused-ring (bicyclic) bond motifs is 1. The fourth-order valence-corrected chi connectivity index (χ4v) is 2.19. The number of aliphatic hydroxyl groups excluding tert-OH is 1. The minimum Gasteiger partial charge on any atom is -0.388 e. The molecule has 1 atom stereocenters. The fourth-order valence-electron chi connectivity index (χ4n) is 2.19. The number of carbonyl (C=O) groups excluding carboxylic acids is 1. The van der Waals surface area contributed by atoms with Crippen molar-refractivity contribution in [1.29, 1.82) is 0 Å². The Bertz CT molecular complexity index is 414. The van der Waals surface area contributed by atoms with Crippen LogP contribution >= 0.6 is 0 Å². The van der Waals surface area contributed by atoms with Gasteiger partial charge in [0.05, 0.1) is 6.10 Å². The predicted octanol–water partition coefficient (Wildman–Crippen LogP) is 2.04. The molecule has 0 aromatic heterocycles. The molecule has 0 unspecified atom stereocenters. The maximum atomic E-state index is 11.5. The van der Waals surface area contributed by atoms with E-state index in [2.05, 4.69) is 6.92 Å². The van der Waals surface area contributed by atoms with Crippen molar-refractivity contribution >= 4 is 11.6 Å². The summed E-state index contributed by atoms with van der Waals surface area (Å²) in [4.78, 5) is 13.2. The minimum atomic E-state index is -0.433. The Labute approximate surface area is 95.7 Å². The van der Waals surface area contributed by atoms with E-state index in [4.69, 9.17) is 0 Å². The molecule has 1 amide bonds. The smallest absolute Gasteiger partial charge is 0.223 e. The summed E-state index contributed by atoms with van der Waals surface area (Å²) in [6.45, 7) is 4.25. The van der Waals surface area contributed by atoms with E-state index < -0.39 is 6.10 Å². The van der Waals surface area contributed by atoms with Gasteiger partial charge >= 0.3 is 0 Å². The van der Waals surface area contributed by atoms with E-state index in [-0.39, 0.29) is 5.91 Å². The van der Waals surface area contributed by atoms with E-state index in [1.54, 1.807) is 11.8 Å². The van der Waals surface area contributed by atoms with Crippen molar-refractivity contribution < 1.29 is 9.90 Å². The lowest BCUT2D eigenvalue weighted by atomic mass is 9.96. The van der Waals surface area contributed by atoms with Crippen LogP contribution < -0.4 is 4.90 Å². The van der Waals surface area contributed by atoms with Crippen molar-refractivity contribution in [2.24, 2.45) is 0 Å². The van der Waals surface area contributed by atoms with Gasteiger partial charge in [0.2, 0.25) is 5.91 Å². The second kappa shape index (κ2) is 4.26. The summed E-state index contributed by atoms with van der Waals surface area (Å²) in [5, 5.41) is 9.94. The summed E-state index contributed by atoms with van der Waals surface area (Å²) < 4.78 is 0. The highest BCUT2D eigenvalue weighted by atomic mass is 16.3. The van der Waals surface area contributed by atoms with Crippen LogP contribution in [-0.4, -0.2) is 17.6 Å². The maximum Gasteiger partial charge on any atom is 0.223 e. The van der Waals surface area contributed by atoms with Gasteiger partial charge in [0.15, 0.2) is 0 Å². The molecule has 3 heteroatoms. The van der Waals surface area contributed by atoms with Crippen molar-refractivity contribution in [2.45, 2.75) is 32.8 Å². The van der Waals surface area contributed by atoms with E-state index in [0.29, 0.717) is 13.0 Å². The number of benzene rings is 1. The molecular formula is C13H17NO2. The number of aryl methyl sites for hydroxylation is 1. The Morgan fingerprint density at radius 1 is 1.56 bits per heavy atom. The molecule has 0 saturated carbocycles. The van der Waals surface area contributed by atoms with Crippen LogP contribution in [-0.2, 0) is 11.2 Å². The van der Waals surface area contributed by atoms with Crippen molar-refractivity contribution in [3.8, 4) is 0 Å². The van der Waals surface area contributed by atoms with Crippen LogP contribution in [0.2, 0.25) is 0 Å². The van der Waals surface area contributed by atoms with Gasteiger partial charge in [-0.05, 0) is 24.5 Å². The zero-order chi connectivity index (χ0) is 11.7. The molecular weight excluding hydrogens is 202 g/mol. The number of carbonyl (C=O) groups is 1. The fraction of sp³-hybridized carbons (Fsp3) is 0.462. The van der Waals surface area contributed by atoms with E-state index in [9.17, 15) is 9.90 Å². The molecule has 1 heterocycles. The third-order valence-corrected chi connectivity index (χ3v) is 3.16. The highest BCUT2D eigenvalue weighted by molar-refractivity contribution is 5.93. The topological polar surface area (TPSA) is 40.5 Å². The SMILES string of the molecule is CCc1ccc2c(c1)[C@H](O)CCN2C(C)=O. The summed E-state index contributed by atoms with van der Waals surface area (Å²) >= 11 is 0. The first-order valence-corrected chi connectivity index (χ1v) is 5.72. The molecule has 0 bridgehead atoms. The van der Waals surface area contributed by atoms with Crippen molar-refractivity contribution in [2.75, 3.05) is 11.4 Å². The van der Waals surface area contributed by atoms with Crippen LogP contribution in [0.3, 0.4) is 0 Å². The zero-order valence-electron chi connectivity index (χ0n) is 9.73. The molecule has 1 aromatic rings. The van der Waals surface area contributed by atoms with E-state index in [1.165, 1.54) is 5.56 Å². The second-order valence-electron chi connectivity index (χ2n) is 4.22. The molecule has 1 N–H and O–H groups in total. The lowest BCUT2D eigenvalue weighted by Crippen LogP contribution is -2.35. The van der Waals surface area contributed by atoms with Crippen molar-refractivity contribution in [3.63, 3.8) is 0 Å². The first kappa shape index (κ1) is 11.1. The van der Waals surface area contributed by atoms with Gasteiger partial charge in [0.1, 0.15) is 0 Å². The van der Waals surface area contributed by atoms with Crippen LogP contribution in [0.25, 0.3) is 0 Å². The van der Waals surface area contributed by atoms with Gasteiger partial charge in [0.25, 0.3) is 0 Å². The third kappa shape index (κ3) is 1.83. The minimum absolute atomic E-state index is 0.0393. The van der Waals surface area contributed by atoms with Gasteiger partial charge in [-0.1, -0.05) is 19.1 Å². The lowest BCUT2D eigenvalue weighted by molar-refractivity contribution is -0.116. The van der Waals surface area contributed by atoms with Gasteiger partial charge in [-0.25, -0.2) is 0 Å². The predicted molar refractivity (Wildman–Crippen MR) is 63.4 cm³/mol. The largest absolute Gasteiger partial charge is 0.388 e. The number of aliphatic hydroxyl groups is 1. The van der Waals surface area contributed by atoms with E-state index in [1.807, 2.05) is 18.2 Å². The van der Waals surface area contributed by atoms with Crippen LogP contribution in [0.4, 0.5) is 5.69 Å². The quantitative estimate of drug-likeness (QED) is 0.785. The Balaban J connectivity index is 2.47. The van der Waals surface area contributed by atoms with Gasteiger partial charge in [-0.2, -0.15) is 0 Å². The molecule has 86 valence electrons. The normalized spacial score (nSPS) is 19.4. The number of hydrogen-bond acceptors (Lipinski definition) is 2. The first-order valence-electron chi connectivity index (χ1n) is 5.72. The number of rotatable bonds is 1. The monoisotopic (exact) mass is 219 g/mol. The van der Waals surface area contributed by atoms with Crippen LogP contribution in [0.5, 0.6) is 0 Å². The number of hydrogen-bond donors (Lipinski definition) is 1. The average Bonchev–Trinajstić information content (AvgIpc) is 2.29. The summed E-state index contributed by atoms with van der Waals surface area (Å²) in [5.74, 6) is 0.0393. The molecule has 2 rings (SSSR count). The first-order chi connectivity index (χ1) is 7.63. The third-order valence-electron chi connectivity index (χ3n) is 3.16. The Morgan fingerprint density at radius 3 is 2.94 bits per heavy atom. The van der Waals surface area contributed by atoms with E-state index >= 15 is 0 Å². The number of amides is 1. The molecule has 0 aliphatic carbocycles. The Hall–Kier alpha value is -1.35. The summed E-state index contributed by atoms with van der Waals surface area (Å²) in [7, 11) is 0. The Kier molecular flexibility index (Phi) is 2.97. The van der Waals surface area contributed by atoms with Gasteiger partial charge in [0, 0.05) is 24.7 Å². The molecule has 1 aliphatic rings. The summed E-state index contributed by atoms with van der Waals surface area (Å²) in [6, 6.07) is 5.97. The molecule has 3 nitrogen and oxygen atoms in total. The van der Waals surface area contributed by atoms with Crippen molar-refractivity contribution in [1.82, 2.24) is 0 Å². The molecule has 0 fully saturated rings. The standard InChI is InChI=1S/C13H17NO2/c1-3-10-4-5-12-11(8-10)13(16)6-7-14(12)9(2)15/h4-5,8,13,16H,3,6-7H2,1-2H3/t13-/m1/s1. The lowest BCUT2D eigenvalue weighted by Gasteiger charge is -2.31. The molecule has 0 saturated heterocycles. The van der Waals surface area contributed by atoms with Gasteiger partial charge in [-0.15, -0.1) is 0 Å². The second-order valence-corrected chi connectivity index (χ2v) is 4.22. The highest BCUT2D eigenvalue weighted by Gasteiger charge is 2.25. The maximum absolute atomic E-state index is 11.5. The number of nitrogens with zero attached hydrogens (tertiary/aromatic N) is 1. The van der Waals surface area contributed by atoms with E-state index in [0.717, 1.165) is 17.7 Å². The van der Waals surface area contributed by atoms with Gasteiger partial charge in [-0.3, -0.25) is 4.79 Å². The molecule has 1 aliphatic heterocycles. The average molecular weight is 219 g/mol. The molecule has 16 heavy (non-hydrogen) atoms. The van der Waals surface area contributed by atoms with Crippen LogP contribution in [0.15, 0.2) is 18.2 Å².